The van der Waals surface area contributed by atoms with Gasteiger partial charge in [0.15, 0.2) is 11.5 Å². The van der Waals surface area contributed by atoms with E-state index >= 15 is 0 Å². The molecule has 0 saturated heterocycles. The zero-order valence-electron chi connectivity index (χ0n) is 16.6. The number of ether oxygens (including phenoxy) is 2. The van der Waals surface area contributed by atoms with Crippen molar-refractivity contribution < 1.29 is 29.0 Å². The van der Waals surface area contributed by atoms with Gasteiger partial charge in [-0.2, -0.15) is 5.10 Å². The summed E-state index contributed by atoms with van der Waals surface area (Å²) in [7, 11) is 0. The first-order valence-electron chi connectivity index (χ1n) is 9.15. The van der Waals surface area contributed by atoms with Crippen LogP contribution >= 0.6 is 0 Å². The molecule has 0 spiro atoms. The summed E-state index contributed by atoms with van der Waals surface area (Å²) >= 11 is 0. The smallest absolute Gasteiger partial charge is 0.329 e. The Labute approximate surface area is 173 Å². The molecule has 0 aliphatic rings. The van der Waals surface area contributed by atoms with Crippen molar-refractivity contribution >= 4 is 24.0 Å². The van der Waals surface area contributed by atoms with E-state index in [1.165, 1.54) is 12.3 Å². The van der Waals surface area contributed by atoms with Gasteiger partial charge in [0, 0.05) is 6.54 Å². The van der Waals surface area contributed by atoms with Crippen LogP contribution in [0.25, 0.3) is 0 Å². The molecule has 0 bridgehead atoms. The molecule has 0 saturated carbocycles. The van der Waals surface area contributed by atoms with Crippen molar-refractivity contribution in [2.24, 2.45) is 5.10 Å². The summed E-state index contributed by atoms with van der Waals surface area (Å²) in [4.78, 5) is 34.2. The maximum atomic E-state index is 11.8. The Bertz CT molecular complexity index is 925. The Kier molecular flexibility index (Phi) is 8.37. The van der Waals surface area contributed by atoms with Gasteiger partial charge in [0.25, 0.3) is 0 Å². The summed E-state index contributed by atoms with van der Waals surface area (Å²) in [5.74, 6) is -2.53. The molecule has 0 aliphatic carbocycles. The van der Waals surface area contributed by atoms with Crippen molar-refractivity contribution in [3.05, 3.63) is 59.2 Å². The van der Waals surface area contributed by atoms with Gasteiger partial charge in [-0.1, -0.05) is 29.8 Å². The number of carboxylic acids is 1. The highest BCUT2D eigenvalue weighted by molar-refractivity contribution is 6.35. The van der Waals surface area contributed by atoms with Gasteiger partial charge in [-0.3, -0.25) is 9.59 Å². The van der Waals surface area contributed by atoms with E-state index in [9.17, 15) is 19.5 Å². The number of carbonyl (C=O) groups is 3. The van der Waals surface area contributed by atoms with E-state index < -0.39 is 24.4 Å². The topological polar surface area (TPSA) is 129 Å². The molecular formula is C21H22N3O6-. The molecule has 9 heteroatoms. The molecule has 2 N–H and O–H groups in total. The molecule has 9 nitrogen and oxygen atoms in total. The summed E-state index contributed by atoms with van der Waals surface area (Å²) in [5.41, 5.74) is 4.65. The molecule has 2 aromatic rings. The minimum atomic E-state index is -1.36. The highest BCUT2D eigenvalue weighted by Gasteiger charge is 2.12. The lowest BCUT2D eigenvalue weighted by Crippen LogP contribution is -2.37. The summed E-state index contributed by atoms with van der Waals surface area (Å²) < 4.78 is 10.5. The lowest BCUT2D eigenvalue weighted by molar-refractivity contribution is -0.307. The van der Waals surface area contributed by atoms with E-state index in [1.54, 1.807) is 19.1 Å². The second-order valence-electron chi connectivity index (χ2n) is 6.17. The minimum Gasteiger partial charge on any atom is -0.546 e. The van der Waals surface area contributed by atoms with Gasteiger partial charge in [-0.05, 0) is 43.2 Å². The van der Waals surface area contributed by atoms with Crippen molar-refractivity contribution in [3.63, 3.8) is 0 Å². The third kappa shape index (κ3) is 7.27. The largest absolute Gasteiger partial charge is 0.546 e. The number of amides is 2. The van der Waals surface area contributed by atoms with Gasteiger partial charge in [-0.25, -0.2) is 5.43 Å². The van der Waals surface area contributed by atoms with Crippen LogP contribution in [0.1, 0.15) is 23.6 Å². The van der Waals surface area contributed by atoms with E-state index in [0.29, 0.717) is 17.9 Å². The van der Waals surface area contributed by atoms with Crippen LogP contribution in [0, 0.1) is 6.92 Å². The maximum absolute atomic E-state index is 11.8. The van der Waals surface area contributed by atoms with Crippen LogP contribution in [-0.2, 0) is 20.9 Å². The Hall–Kier alpha value is -3.88. The second-order valence-corrected chi connectivity index (χ2v) is 6.17. The van der Waals surface area contributed by atoms with Crippen molar-refractivity contribution in [1.29, 1.82) is 0 Å². The fourth-order valence-corrected chi connectivity index (χ4v) is 2.31. The molecule has 158 valence electrons. The molecule has 2 amide bonds. The van der Waals surface area contributed by atoms with Crippen LogP contribution in [0.5, 0.6) is 11.5 Å². The van der Waals surface area contributed by atoms with E-state index in [2.05, 4.69) is 15.8 Å². The zero-order chi connectivity index (χ0) is 21.9. The van der Waals surface area contributed by atoms with Crippen molar-refractivity contribution in [3.8, 4) is 11.5 Å². The number of nitrogens with zero attached hydrogens (tertiary/aromatic N) is 1. The molecule has 0 radical (unpaired) electrons. The number of hydrogen-bond acceptors (Lipinski definition) is 7. The number of aryl methyl sites for hydroxylation is 1. The van der Waals surface area contributed by atoms with E-state index in [4.69, 9.17) is 9.47 Å². The molecular weight excluding hydrogens is 390 g/mol. The lowest BCUT2D eigenvalue weighted by atomic mass is 10.1. The monoisotopic (exact) mass is 412 g/mol. The second kappa shape index (κ2) is 11.2. The maximum Gasteiger partial charge on any atom is 0.329 e. The van der Waals surface area contributed by atoms with Crippen LogP contribution in [0.3, 0.4) is 0 Å². The molecule has 30 heavy (non-hydrogen) atoms. The molecule has 0 atom stereocenters. The average Bonchev–Trinajstić information content (AvgIpc) is 2.72. The number of hydrazone groups is 1. The molecule has 0 fully saturated rings. The standard InChI is InChI=1S/C21H23N3O6/c1-3-29-18-10-16(8-9-17(18)30-13-19(25)26)12-23-24-21(28)20(27)22-11-15-6-4-14(2)5-7-15/h4-10,12H,3,11,13H2,1-2H3,(H,22,27)(H,24,28)(H,25,26)/p-1/b23-12-. The molecule has 2 aromatic carbocycles. The Balaban J connectivity index is 1.90. The normalized spacial score (nSPS) is 10.5. The van der Waals surface area contributed by atoms with E-state index in [1.807, 2.05) is 31.2 Å². The van der Waals surface area contributed by atoms with Crippen molar-refractivity contribution in [1.82, 2.24) is 10.7 Å². The molecule has 0 unspecified atom stereocenters. The van der Waals surface area contributed by atoms with Crippen LogP contribution in [0.15, 0.2) is 47.6 Å². The molecule has 0 aliphatic heterocycles. The first-order valence-corrected chi connectivity index (χ1v) is 9.15. The summed E-state index contributed by atoms with van der Waals surface area (Å²) in [6, 6.07) is 12.2. The predicted octanol–water partition coefficient (Wildman–Crippen LogP) is 0.289. The number of aliphatic carboxylic acids is 1. The highest BCUT2D eigenvalue weighted by atomic mass is 16.5. The summed E-state index contributed by atoms with van der Waals surface area (Å²) in [5, 5.41) is 16.8. The number of nitrogens with one attached hydrogen (secondary N) is 2. The summed E-state index contributed by atoms with van der Waals surface area (Å²) in [6.45, 7) is 3.67. The summed E-state index contributed by atoms with van der Waals surface area (Å²) in [6.07, 6.45) is 1.32. The van der Waals surface area contributed by atoms with Crippen LogP contribution < -0.4 is 25.3 Å². The number of benzene rings is 2. The molecule has 0 heterocycles. The number of carboxylic acid groups (broad SMARTS) is 1. The van der Waals surface area contributed by atoms with Gasteiger partial charge in [-0.15, -0.1) is 0 Å². The fourth-order valence-electron chi connectivity index (χ4n) is 2.31. The number of rotatable bonds is 9. The van der Waals surface area contributed by atoms with Gasteiger partial charge < -0.3 is 24.7 Å². The Morgan fingerprint density at radius 3 is 2.43 bits per heavy atom. The van der Waals surface area contributed by atoms with Gasteiger partial charge >= 0.3 is 11.8 Å². The Morgan fingerprint density at radius 2 is 1.77 bits per heavy atom. The molecule has 0 aromatic heterocycles. The first-order chi connectivity index (χ1) is 14.4. The minimum absolute atomic E-state index is 0.224. The van der Waals surface area contributed by atoms with Gasteiger partial charge in [0.2, 0.25) is 0 Å². The number of carbonyl (C=O) groups excluding carboxylic acids is 3. The fraction of sp³-hybridized carbons (Fsp3) is 0.238. The third-order valence-electron chi connectivity index (χ3n) is 3.77. The third-order valence-corrected chi connectivity index (χ3v) is 3.77. The quantitative estimate of drug-likeness (QED) is 0.346. The van der Waals surface area contributed by atoms with E-state index in [0.717, 1.165) is 11.1 Å². The first kappa shape index (κ1) is 22.4. The van der Waals surface area contributed by atoms with Crippen LogP contribution in [-0.4, -0.2) is 37.2 Å². The highest BCUT2D eigenvalue weighted by Crippen LogP contribution is 2.27. The number of hydrogen-bond donors (Lipinski definition) is 2. The van der Waals surface area contributed by atoms with Gasteiger partial charge in [0.1, 0.15) is 6.61 Å². The van der Waals surface area contributed by atoms with Crippen LogP contribution in [0.2, 0.25) is 0 Å². The predicted molar refractivity (Wildman–Crippen MR) is 107 cm³/mol. The van der Waals surface area contributed by atoms with Crippen LogP contribution in [0.4, 0.5) is 0 Å². The SMILES string of the molecule is CCOc1cc(/C=N\NC(=O)C(=O)NCc2ccc(C)cc2)ccc1OCC(=O)[O-]. The van der Waals surface area contributed by atoms with Crippen molar-refractivity contribution in [2.75, 3.05) is 13.2 Å². The Morgan fingerprint density at radius 1 is 1.03 bits per heavy atom. The zero-order valence-corrected chi connectivity index (χ0v) is 16.6. The lowest BCUT2D eigenvalue weighted by Gasteiger charge is -2.12. The molecule has 2 rings (SSSR count). The van der Waals surface area contributed by atoms with E-state index in [-0.39, 0.29) is 12.3 Å². The van der Waals surface area contributed by atoms with Gasteiger partial charge in [0.05, 0.1) is 18.8 Å². The van der Waals surface area contributed by atoms with Crippen molar-refractivity contribution in [2.45, 2.75) is 20.4 Å². The average molecular weight is 412 g/mol.